The molecule has 0 radical (unpaired) electrons. The van der Waals surface area contributed by atoms with Gasteiger partial charge in [0, 0.05) is 11.3 Å². The average Bonchev–Trinajstić information content (AvgIpc) is 3.03. The molecule has 0 saturated heterocycles. The summed E-state index contributed by atoms with van der Waals surface area (Å²) < 4.78 is 5.30. The lowest BCUT2D eigenvalue weighted by molar-refractivity contribution is 0.372. The molecule has 1 fully saturated rings. The Balaban J connectivity index is 1.97. The van der Waals surface area contributed by atoms with Gasteiger partial charge in [-0.15, -0.1) is 0 Å². The van der Waals surface area contributed by atoms with Crippen LogP contribution in [0.3, 0.4) is 0 Å². The summed E-state index contributed by atoms with van der Waals surface area (Å²) >= 11 is 0. The molecule has 18 heavy (non-hydrogen) atoms. The second-order valence-corrected chi connectivity index (χ2v) is 5.11. The van der Waals surface area contributed by atoms with Gasteiger partial charge < -0.3 is 10.3 Å². The fourth-order valence-corrected chi connectivity index (χ4v) is 2.44. The van der Waals surface area contributed by atoms with Gasteiger partial charge in [0.2, 0.25) is 0 Å². The maximum Gasteiger partial charge on any atom is 0.278 e. The SMILES string of the molecule is Cc1[nH]nc(-c2nc(C3(N)CCCC3)no2)c1C. The molecule has 1 saturated carbocycles. The summed E-state index contributed by atoms with van der Waals surface area (Å²) in [6.45, 7) is 3.94. The van der Waals surface area contributed by atoms with E-state index >= 15 is 0 Å². The molecule has 1 aliphatic carbocycles. The number of aromatic amines is 1. The van der Waals surface area contributed by atoms with Crippen molar-refractivity contribution in [1.29, 1.82) is 0 Å². The smallest absolute Gasteiger partial charge is 0.278 e. The summed E-state index contributed by atoms with van der Waals surface area (Å²) in [5.41, 5.74) is 8.64. The van der Waals surface area contributed by atoms with Crippen molar-refractivity contribution in [3.63, 3.8) is 0 Å². The highest BCUT2D eigenvalue weighted by Crippen LogP contribution is 2.35. The van der Waals surface area contributed by atoms with Crippen LogP contribution in [0.5, 0.6) is 0 Å². The molecule has 6 heteroatoms. The first-order valence-corrected chi connectivity index (χ1v) is 6.25. The number of nitrogens with zero attached hydrogens (tertiary/aromatic N) is 3. The molecule has 0 amide bonds. The molecular formula is C12H17N5O. The summed E-state index contributed by atoms with van der Waals surface area (Å²) in [4.78, 5) is 4.42. The van der Waals surface area contributed by atoms with Gasteiger partial charge in [0.25, 0.3) is 5.89 Å². The minimum absolute atomic E-state index is 0.416. The van der Waals surface area contributed by atoms with Crippen LogP contribution in [0.1, 0.15) is 42.8 Å². The van der Waals surface area contributed by atoms with Gasteiger partial charge in [0.1, 0.15) is 0 Å². The number of hydrogen-bond acceptors (Lipinski definition) is 5. The van der Waals surface area contributed by atoms with Crippen molar-refractivity contribution < 1.29 is 4.52 Å². The van der Waals surface area contributed by atoms with Crippen LogP contribution in [0, 0.1) is 13.8 Å². The van der Waals surface area contributed by atoms with E-state index in [2.05, 4.69) is 20.3 Å². The number of rotatable bonds is 2. The van der Waals surface area contributed by atoms with Crippen LogP contribution < -0.4 is 5.73 Å². The third-order valence-corrected chi connectivity index (χ3v) is 3.82. The van der Waals surface area contributed by atoms with E-state index in [0.717, 1.165) is 36.9 Å². The van der Waals surface area contributed by atoms with Crippen molar-refractivity contribution in [3.8, 4) is 11.6 Å². The summed E-state index contributed by atoms with van der Waals surface area (Å²) in [5.74, 6) is 1.05. The molecule has 2 aromatic rings. The molecule has 0 aromatic carbocycles. The van der Waals surface area contributed by atoms with Gasteiger partial charge in [-0.25, -0.2) is 0 Å². The minimum atomic E-state index is -0.416. The minimum Gasteiger partial charge on any atom is -0.332 e. The van der Waals surface area contributed by atoms with E-state index in [-0.39, 0.29) is 0 Å². The van der Waals surface area contributed by atoms with Crippen molar-refractivity contribution in [1.82, 2.24) is 20.3 Å². The van der Waals surface area contributed by atoms with E-state index in [1.807, 2.05) is 13.8 Å². The fourth-order valence-electron chi connectivity index (χ4n) is 2.44. The fraction of sp³-hybridized carbons (Fsp3) is 0.583. The third kappa shape index (κ3) is 1.64. The third-order valence-electron chi connectivity index (χ3n) is 3.82. The molecule has 0 atom stereocenters. The largest absolute Gasteiger partial charge is 0.332 e. The Hall–Kier alpha value is -1.69. The van der Waals surface area contributed by atoms with Crippen LogP contribution in [0.4, 0.5) is 0 Å². The van der Waals surface area contributed by atoms with Gasteiger partial charge >= 0.3 is 0 Å². The molecule has 1 aliphatic rings. The summed E-state index contributed by atoms with van der Waals surface area (Å²) in [6.07, 6.45) is 4.09. The standard InChI is InChI=1S/C12H17N5O/c1-7-8(2)15-16-9(7)10-14-11(17-18-10)12(13)5-3-4-6-12/h3-6,13H2,1-2H3,(H,15,16). The molecule has 0 aliphatic heterocycles. The number of nitrogens with one attached hydrogen (secondary N) is 1. The highest BCUT2D eigenvalue weighted by Gasteiger charge is 2.36. The lowest BCUT2D eigenvalue weighted by Crippen LogP contribution is -2.34. The van der Waals surface area contributed by atoms with Crippen molar-refractivity contribution in [3.05, 3.63) is 17.1 Å². The van der Waals surface area contributed by atoms with E-state index in [1.54, 1.807) is 0 Å². The van der Waals surface area contributed by atoms with Gasteiger partial charge in [-0.05, 0) is 26.7 Å². The van der Waals surface area contributed by atoms with Gasteiger partial charge in [-0.3, -0.25) is 5.10 Å². The predicted molar refractivity (Wildman–Crippen MR) is 65.7 cm³/mol. The monoisotopic (exact) mass is 247 g/mol. The predicted octanol–water partition coefficient (Wildman–Crippen LogP) is 1.80. The van der Waals surface area contributed by atoms with Crippen molar-refractivity contribution in [2.45, 2.75) is 45.1 Å². The van der Waals surface area contributed by atoms with Crippen LogP contribution in [0.2, 0.25) is 0 Å². The molecule has 0 spiro atoms. The zero-order valence-electron chi connectivity index (χ0n) is 10.7. The van der Waals surface area contributed by atoms with Gasteiger partial charge in [0.15, 0.2) is 11.5 Å². The van der Waals surface area contributed by atoms with Crippen LogP contribution in [0.15, 0.2) is 4.52 Å². The van der Waals surface area contributed by atoms with Crippen molar-refractivity contribution in [2.24, 2.45) is 5.73 Å². The van der Waals surface area contributed by atoms with Crippen LogP contribution in [-0.4, -0.2) is 20.3 Å². The zero-order valence-corrected chi connectivity index (χ0v) is 10.7. The lowest BCUT2D eigenvalue weighted by Gasteiger charge is -2.17. The Morgan fingerprint density at radius 1 is 1.28 bits per heavy atom. The van der Waals surface area contributed by atoms with Crippen LogP contribution in [0.25, 0.3) is 11.6 Å². The first-order valence-electron chi connectivity index (χ1n) is 6.25. The quantitative estimate of drug-likeness (QED) is 0.844. The first-order chi connectivity index (χ1) is 8.60. The Morgan fingerprint density at radius 2 is 2.00 bits per heavy atom. The Morgan fingerprint density at radius 3 is 2.61 bits per heavy atom. The second kappa shape index (κ2) is 3.91. The normalized spacial score (nSPS) is 18.4. The van der Waals surface area contributed by atoms with E-state index in [9.17, 15) is 0 Å². The number of H-pyrrole nitrogens is 1. The van der Waals surface area contributed by atoms with Crippen molar-refractivity contribution >= 4 is 0 Å². The molecular weight excluding hydrogens is 230 g/mol. The molecule has 0 unspecified atom stereocenters. The molecule has 3 N–H and O–H groups in total. The highest BCUT2D eigenvalue weighted by molar-refractivity contribution is 5.53. The zero-order chi connectivity index (χ0) is 12.8. The summed E-state index contributed by atoms with van der Waals surface area (Å²) in [6, 6.07) is 0. The second-order valence-electron chi connectivity index (χ2n) is 5.11. The van der Waals surface area contributed by atoms with E-state index in [1.165, 1.54) is 0 Å². The molecule has 0 bridgehead atoms. The van der Waals surface area contributed by atoms with Gasteiger partial charge in [-0.1, -0.05) is 18.0 Å². The van der Waals surface area contributed by atoms with Crippen molar-refractivity contribution in [2.75, 3.05) is 0 Å². The first kappa shape index (κ1) is 11.4. The van der Waals surface area contributed by atoms with Crippen LogP contribution in [-0.2, 0) is 5.54 Å². The van der Waals surface area contributed by atoms with Gasteiger partial charge in [0.05, 0.1) is 5.54 Å². The number of hydrogen-bond donors (Lipinski definition) is 2. The van der Waals surface area contributed by atoms with Gasteiger partial charge in [-0.2, -0.15) is 10.1 Å². The topological polar surface area (TPSA) is 93.6 Å². The summed E-state index contributed by atoms with van der Waals surface area (Å²) in [7, 11) is 0. The maximum atomic E-state index is 6.30. The molecule has 3 rings (SSSR count). The number of nitrogens with two attached hydrogens (primary N) is 1. The highest BCUT2D eigenvalue weighted by atomic mass is 16.5. The Bertz CT molecular complexity index is 565. The molecule has 2 aromatic heterocycles. The van der Waals surface area contributed by atoms with E-state index in [0.29, 0.717) is 17.4 Å². The average molecular weight is 247 g/mol. The molecule has 2 heterocycles. The number of aryl methyl sites for hydroxylation is 1. The van der Waals surface area contributed by atoms with E-state index in [4.69, 9.17) is 10.3 Å². The number of aromatic nitrogens is 4. The maximum absolute atomic E-state index is 6.30. The Labute approximate surface area is 105 Å². The van der Waals surface area contributed by atoms with E-state index < -0.39 is 5.54 Å². The molecule has 6 nitrogen and oxygen atoms in total. The lowest BCUT2D eigenvalue weighted by atomic mass is 9.99. The summed E-state index contributed by atoms with van der Waals surface area (Å²) in [5, 5.41) is 11.1. The Kier molecular flexibility index (Phi) is 2.48. The molecule has 96 valence electrons. The van der Waals surface area contributed by atoms with Crippen LogP contribution >= 0.6 is 0 Å².